The Hall–Kier alpha value is 0.270. The van der Waals surface area contributed by atoms with Crippen molar-refractivity contribution in [3.8, 4) is 0 Å². The Labute approximate surface area is 98.0 Å². The van der Waals surface area contributed by atoms with E-state index < -0.39 is 0 Å². The highest BCUT2D eigenvalue weighted by Gasteiger charge is 2.36. The van der Waals surface area contributed by atoms with E-state index in [1.54, 1.807) is 0 Å². The van der Waals surface area contributed by atoms with Crippen molar-refractivity contribution in [2.75, 3.05) is 12.8 Å². The molecule has 4 unspecified atom stereocenters. The van der Waals surface area contributed by atoms with Crippen molar-refractivity contribution in [2.45, 2.75) is 62.4 Å². The van der Waals surface area contributed by atoms with Crippen molar-refractivity contribution >= 4 is 11.8 Å². The summed E-state index contributed by atoms with van der Waals surface area (Å²) in [5.74, 6) is 0. The quantitative estimate of drug-likeness (QED) is 0.784. The number of nitrogens with two attached hydrogens (primary N) is 1. The predicted molar refractivity (Wildman–Crippen MR) is 68.3 cm³/mol. The third-order valence-corrected chi connectivity index (χ3v) is 5.27. The van der Waals surface area contributed by atoms with Gasteiger partial charge in [0.2, 0.25) is 0 Å². The zero-order valence-electron chi connectivity index (χ0n) is 9.98. The first kappa shape index (κ1) is 11.7. The van der Waals surface area contributed by atoms with Crippen molar-refractivity contribution in [2.24, 2.45) is 5.73 Å². The van der Waals surface area contributed by atoms with Crippen LogP contribution in [-0.2, 0) is 0 Å². The number of thioether (sulfide) groups is 1. The molecular formula is C12H24N2S. The van der Waals surface area contributed by atoms with E-state index in [0.717, 1.165) is 11.3 Å². The molecule has 1 saturated heterocycles. The van der Waals surface area contributed by atoms with Gasteiger partial charge in [0.15, 0.2) is 0 Å². The average Bonchev–Trinajstić information content (AvgIpc) is 2.65. The van der Waals surface area contributed by atoms with Gasteiger partial charge < -0.3 is 5.73 Å². The van der Waals surface area contributed by atoms with Gasteiger partial charge in [-0.25, -0.2) is 0 Å². The Kier molecular flexibility index (Phi) is 3.97. The normalized spacial score (nSPS) is 43.4. The van der Waals surface area contributed by atoms with Crippen molar-refractivity contribution in [1.82, 2.24) is 4.90 Å². The second kappa shape index (κ2) is 5.07. The Morgan fingerprint density at radius 2 is 2.07 bits per heavy atom. The monoisotopic (exact) mass is 228 g/mol. The molecule has 0 spiro atoms. The summed E-state index contributed by atoms with van der Waals surface area (Å²) in [5, 5.41) is 0.877. The molecule has 15 heavy (non-hydrogen) atoms. The van der Waals surface area contributed by atoms with Crippen LogP contribution < -0.4 is 5.73 Å². The molecule has 0 amide bonds. The molecular weight excluding hydrogens is 204 g/mol. The van der Waals surface area contributed by atoms with Gasteiger partial charge in [0.05, 0.1) is 0 Å². The maximum Gasteiger partial charge on any atom is 0.0217 e. The summed E-state index contributed by atoms with van der Waals surface area (Å²) in [6.45, 7) is 3.58. The minimum absolute atomic E-state index is 0.449. The van der Waals surface area contributed by atoms with E-state index in [9.17, 15) is 0 Å². The smallest absolute Gasteiger partial charge is 0.0217 e. The molecule has 1 aliphatic heterocycles. The summed E-state index contributed by atoms with van der Waals surface area (Å²) in [6, 6.07) is 1.99. The molecule has 0 radical (unpaired) electrons. The van der Waals surface area contributed by atoms with Gasteiger partial charge in [0.25, 0.3) is 0 Å². The van der Waals surface area contributed by atoms with E-state index in [4.69, 9.17) is 5.73 Å². The predicted octanol–water partition coefficient (Wildman–Crippen LogP) is 2.08. The van der Waals surface area contributed by atoms with Crippen LogP contribution in [0.15, 0.2) is 0 Å². The Morgan fingerprint density at radius 3 is 2.73 bits per heavy atom. The molecule has 88 valence electrons. The van der Waals surface area contributed by atoms with Crippen LogP contribution in [0.3, 0.4) is 0 Å². The van der Waals surface area contributed by atoms with E-state index in [1.165, 1.54) is 38.6 Å². The lowest BCUT2D eigenvalue weighted by Crippen LogP contribution is -2.51. The van der Waals surface area contributed by atoms with Crippen molar-refractivity contribution < 1.29 is 0 Å². The number of hydrogen-bond donors (Lipinski definition) is 1. The zero-order valence-corrected chi connectivity index (χ0v) is 10.8. The molecule has 2 fully saturated rings. The van der Waals surface area contributed by atoms with Gasteiger partial charge in [0.1, 0.15) is 0 Å². The number of hydrogen-bond acceptors (Lipinski definition) is 3. The van der Waals surface area contributed by atoms with Gasteiger partial charge in [-0.05, 0) is 38.9 Å². The summed E-state index contributed by atoms with van der Waals surface area (Å²) >= 11 is 2.06. The van der Waals surface area contributed by atoms with E-state index in [2.05, 4.69) is 29.8 Å². The fraction of sp³-hybridized carbons (Fsp3) is 1.00. The molecule has 4 atom stereocenters. The summed E-state index contributed by atoms with van der Waals surface area (Å²) in [7, 11) is 0. The van der Waals surface area contributed by atoms with Gasteiger partial charge in [-0.15, -0.1) is 0 Å². The van der Waals surface area contributed by atoms with E-state index in [0.29, 0.717) is 12.1 Å². The number of likely N-dealkylation sites (tertiary alicyclic amines) is 1. The van der Waals surface area contributed by atoms with E-state index in [1.807, 2.05) is 0 Å². The highest BCUT2D eigenvalue weighted by molar-refractivity contribution is 7.99. The van der Waals surface area contributed by atoms with Gasteiger partial charge in [-0.1, -0.05) is 6.42 Å². The van der Waals surface area contributed by atoms with E-state index >= 15 is 0 Å². The Balaban J connectivity index is 1.97. The first-order chi connectivity index (χ1) is 7.22. The SMILES string of the molecule is CSC1CCCC1N1CCC(N)CC1C. The number of piperidine rings is 1. The van der Waals surface area contributed by atoms with Crippen molar-refractivity contribution in [3.63, 3.8) is 0 Å². The van der Waals surface area contributed by atoms with Crippen LogP contribution in [-0.4, -0.2) is 41.1 Å². The lowest BCUT2D eigenvalue weighted by atomic mass is 9.96. The lowest BCUT2D eigenvalue weighted by molar-refractivity contribution is 0.101. The van der Waals surface area contributed by atoms with Crippen LogP contribution in [0.1, 0.15) is 39.0 Å². The fourth-order valence-corrected chi connectivity index (χ4v) is 4.29. The molecule has 2 nitrogen and oxygen atoms in total. The van der Waals surface area contributed by atoms with Gasteiger partial charge >= 0.3 is 0 Å². The highest BCUT2D eigenvalue weighted by Crippen LogP contribution is 2.35. The largest absolute Gasteiger partial charge is 0.328 e. The minimum Gasteiger partial charge on any atom is -0.328 e. The molecule has 0 aromatic carbocycles. The fourth-order valence-electron chi connectivity index (χ4n) is 3.28. The molecule has 2 N–H and O–H groups in total. The first-order valence-corrected chi connectivity index (χ1v) is 7.55. The van der Waals surface area contributed by atoms with Crippen LogP contribution in [0.5, 0.6) is 0 Å². The van der Waals surface area contributed by atoms with Crippen molar-refractivity contribution in [3.05, 3.63) is 0 Å². The Bertz CT molecular complexity index is 210. The second-order valence-electron chi connectivity index (χ2n) is 5.14. The van der Waals surface area contributed by atoms with Crippen LogP contribution in [0.25, 0.3) is 0 Å². The molecule has 0 aromatic rings. The Morgan fingerprint density at radius 1 is 1.27 bits per heavy atom. The average molecular weight is 228 g/mol. The third-order valence-electron chi connectivity index (χ3n) is 4.11. The topological polar surface area (TPSA) is 29.3 Å². The molecule has 2 aliphatic rings. The maximum atomic E-state index is 6.02. The lowest BCUT2D eigenvalue weighted by Gasteiger charge is -2.42. The third kappa shape index (κ3) is 2.51. The zero-order chi connectivity index (χ0) is 10.8. The van der Waals surface area contributed by atoms with Gasteiger partial charge in [-0.2, -0.15) is 11.8 Å². The summed E-state index contributed by atoms with van der Waals surface area (Å²) < 4.78 is 0. The van der Waals surface area contributed by atoms with Crippen molar-refractivity contribution in [1.29, 1.82) is 0 Å². The molecule has 2 rings (SSSR count). The van der Waals surface area contributed by atoms with Crippen LogP contribution in [0.2, 0.25) is 0 Å². The molecule has 0 aromatic heterocycles. The number of rotatable bonds is 2. The second-order valence-corrected chi connectivity index (χ2v) is 6.22. The minimum atomic E-state index is 0.449. The molecule has 1 heterocycles. The highest BCUT2D eigenvalue weighted by atomic mass is 32.2. The van der Waals surface area contributed by atoms with Crippen LogP contribution in [0.4, 0.5) is 0 Å². The summed E-state index contributed by atoms with van der Waals surface area (Å²) in [4.78, 5) is 2.73. The van der Waals surface area contributed by atoms with E-state index in [-0.39, 0.29) is 0 Å². The summed E-state index contributed by atoms with van der Waals surface area (Å²) in [5.41, 5.74) is 6.02. The standard InChI is InChI=1S/C12H24N2S/c1-9-8-10(13)6-7-14(9)11-4-3-5-12(11)15-2/h9-12H,3-8,13H2,1-2H3. The maximum absolute atomic E-state index is 6.02. The molecule has 1 aliphatic carbocycles. The number of nitrogens with zero attached hydrogens (tertiary/aromatic N) is 1. The molecule has 0 bridgehead atoms. The van der Waals surface area contributed by atoms with Gasteiger partial charge in [0, 0.05) is 29.9 Å². The van der Waals surface area contributed by atoms with Crippen LogP contribution in [0, 0.1) is 0 Å². The molecule has 1 saturated carbocycles. The van der Waals surface area contributed by atoms with Gasteiger partial charge in [-0.3, -0.25) is 4.90 Å². The molecule has 3 heteroatoms. The first-order valence-electron chi connectivity index (χ1n) is 6.26. The summed E-state index contributed by atoms with van der Waals surface area (Å²) in [6.07, 6.45) is 8.90. The van der Waals surface area contributed by atoms with Crippen LogP contribution >= 0.6 is 11.8 Å².